The average Bonchev–Trinajstić information content (AvgIpc) is 3.03. The van der Waals surface area contributed by atoms with E-state index < -0.39 is 77.7 Å². The molecular weight excluding hydrogens is 837 g/mol. The maximum Gasteiger partial charge on any atom is 0.323 e. The van der Waals surface area contributed by atoms with Gasteiger partial charge in [-0.2, -0.15) is 8.61 Å². The second-order valence-electron chi connectivity index (χ2n) is 10.9. The first-order chi connectivity index (χ1) is 24.1. The molecule has 0 unspecified atom stereocenters. The van der Waals surface area contributed by atoms with E-state index in [0.29, 0.717) is 5.69 Å². The van der Waals surface area contributed by atoms with Crippen molar-refractivity contribution >= 4 is 97.6 Å². The number of sulfone groups is 2. The molecule has 0 bridgehead atoms. The van der Waals surface area contributed by atoms with Gasteiger partial charge in [0.1, 0.15) is 9.79 Å². The number of nitro groups is 1. The lowest BCUT2D eigenvalue weighted by molar-refractivity contribution is -0.386. The van der Waals surface area contributed by atoms with Crippen molar-refractivity contribution in [1.82, 2.24) is 8.61 Å². The molecule has 4 N–H and O–H groups in total. The highest BCUT2D eigenvalue weighted by atomic mass is 35.5. The van der Waals surface area contributed by atoms with E-state index in [1.54, 1.807) is 24.3 Å². The van der Waals surface area contributed by atoms with Gasteiger partial charge >= 0.3 is 11.7 Å². The topological polar surface area (TPSA) is 268 Å². The number of rotatable bonds is 7. The lowest BCUT2D eigenvalue weighted by atomic mass is 10.3. The summed E-state index contributed by atoms with van der Waals surface area (Å²) in [5.74, 6) is -3.21. The highest BCUT2D eigenvalue weighted by Crippen LogP contribution is 2.40. The monoisotopic (exact) mass is 863 g/mol. The van der Waals surface area contributed by atoms with Crippen LogP contribution in [0.15, 0.2) is 58.3 Å². The van der Waals surface area contributed by atoms with Gasteiger partial charge < -0.3 is 20.8 Å². The Morgan fingerprint density at radius 2 is 1.10 bits per heavy atom. The van der Waals surface area contributed by atoms with Gasteiger partial charge in [0.05, 0.1) is 54.4 Å². The molecular formula is C27H28Cl3N5O13S4. The summed E-state index contributed by atoms with van der Waals surface area (Å²) in [6, 6.07) is 10.0. The van der Waals surface area contributed by atoms with E-state index in [9.17, 15) is 58.8 Å². The molecule has 5 rings (SSSR count). The van der Waals surface area contributed by atoms with Gasteiger partial charge in [0.15, 0.2) is 25.4 Å². The number of sulfonamides is 2. The largest absolute Gasteiger partial charge is 0.504 e. The fourth-order valence-corrected chi connectivity index (χ4v) is 11.9. The van der Waals surface area contributed by atoms with E-state index in [4.69, 9.17) is 34.8 Å². The number of amides is 2. The zero-order valence-corrected chi connectivity index (χ0v) is 31.8. The second kappa shape index (κ2) is 15.9. The van der Waals surface area contributed by atoms with Gasteiger partial charge in [-0.3, -0.25) is 10.1 Å². The molecule has 2 aliphatic rings. The molecule has 0 saturated carbocycles. The molecule has 52 heavy (non-hydrogen) atoms. The number of hydrogen-bond acceptors (Lipinski definition) is 13. The second-order valence-corrected chi connectivity index (χ2v) is 20.5. The molecule has 0 aromatic heterocycles. The van der Waals surface area contributed by atoms with Crippen LogP contribution in [-0.4, -0.2) is 113 Å². The Morgan fingerprint density at radius 3 is 1.56 bits per heavy atom. The highest BCUT2D eigenvalue weighted by molar-refractivity contribution is 7.92. The molecule has 25 heteroatoms. The van der Waals surface area contributed by atoms with Crippen LogP contribution < -0.4 is 10.6 Å². The highest BCUT2D eigenvalue weighted by Gasteiger charge is 2.37. The average molecular weight is 865 g/mol. The summed E-state index contributed by atoms with van der Waals surface area (Å²) in [7, 11) is -15.3. The van der Waals surface area contributed by atoms with Crippen LogP contribution >= 0.6 is 34.8 Å². The van der Waals surface area contributed by atoms with Gasteiger partial charge in [0.2, 0.25) is 25.8 Å². The van der Waals surface area contributed by atoms with Crippen molar-refractivity contribution in [3.63, 3.8) is 0 Å². The van der Waals surface area contributed by atoms with E-state index in [2.05, 4.69) is 10.6 Å². The van der Waals surface area contributed by atoms with E-state index >= 15 is 0 Å². The maximum atomic E-state index is 13.0. The molecule has 0 atom stereocenters. The van der Waals surface area contributed by atoms with Crippen molar-refractivity contribution < 1.29 is 53.6 Å². The number of carbonyl (C=O) groups excluding carboxylic acids is 1. The number of halogens is 3. The number of hydrogen-bond donors (Lipinski definition) is 4. The number of benzene rings is 3. The number of nitrogens with one attached hydrogen (secondary N) is 2. The number of urea groups is 1. The number of aromatic hydroxyl groups is 2. The number of carbonyl (C=O) groups is 1. The van der Waals surface area contributed by atoms with Crippen molar-refractivity contribution in [2.75, 3.05) is 59.8 Å². The molecule has 2 aliphatic heterocycles. The van der Waals surface area contributed by atoms with Crippen LogP contribution in [0.4, 0.5) is 21.9 Å². The van der Waals surface area contributed by atoms with Crippen LogP contribution in [0.2, 0.25) is 15.1 Å². The Bertz CT molecular complexity index is 2340. The zero-order valence-electron chi connectivity index (χ0n) is 26.3. The number of nitro benzene ring substituents is 1. The summed E-state index contributed by atoms with van der Waals surface area (Å²) in [6.45, 7) is -1.12. The molecule has 2 heterocycles. The number of anilines is 2. The molecule has 2 amide bonds. The number of phenols is 2. The Labute approximate surface area is 313 Å². The maximum absolute atomic E-state index is 13.0. The molecule has 2 fully saturated rings. The van der Waals surface area contributed by atoms with Crippen molar-refractivity contribution in [3.05, 3.63) is 73.7 Å². The van der Waals surface area contributed by atoms with Crippen molar-refractivity contribution in [1.29, 1.82) is 0 Å². The smallest absolute Gasteiger partial charge is 0.323 e. The molecule has 18 nitrogen and oxygen atoms in total. The Morgan fingerprint density at radius 1 is 0.673 bits per heavy atom. The Hall–Kier alpha value is -3.48. The number of para-hydroxylation sites is 1. The normalized spacial score (nSPS) is 17.7. The molecule has 3 aromatic carbocycles. The zero-order chi connectivity index (χ0) is 38.8. The third kappa shape index (κ3) is 9.35. The predicted octanol–water partition coefficient (Wildman–Crippen LogP) is 3.14. The van der Waals surface area contributed by atoms with E-state index in [1.165, 1.54) is 12.1 Å². The first-order valence-corrected chi connectivity index (χ1v) is 22.1. The lowest BCUT2D eigenvalue weighted by Gasteiger charge is -2.27. The first kappa shape index (κ1) is 41.3. The van der Waals surface area contributed by atoms with E-state index in [0.717, 1.165) is 20.7 Å². The summed E-state index contributed by atoms with van der Waals surface area (Å²) in [6.07, 6.45) is 0. The van der Waals surface area contributed by atoms with E-state index in [-0.39, 0.29) is 69.9 Å². The summed E-state index contributed by atoms with van der Waals surface area (Å²) in [5.41, 5.74) is -0.688. The number of nitrogens with zero attached hydrogens (tertiary/aromatic N) is 3. The number of phenolic OH excluding ortho intramolecular Hbond substituents is 2. The third-order valence-corrected chi connectivity index (χ3v) is 15.9. The summed E-state index contributed by atoms with van der Waals surface area (Å²) in [5, 5.41) is 35.6. The lowest BCUT2D eigenvalue weighted by Crippen LogP contribution is -2.43. The summed E-state index contributed by atoms with van der Waals surface area (Å²) in [4.78, 5) is 20.7. The predicted molar refractivity (Wildman–Crippen MR) is 192 cm³/mol. The van der Waals surface area contributed by atoms with Crippen molar-refractivity contribution in [2.24, 2.45) is 0 Å². The van der Waals surface area contributed by atoms with Gasteiger partial charge in [-0.15, -0.1) is 0 Å². The van der Waals surface area contributed by atoms with Gasteiger partial charge in [0, 0.05) is 32.2 Å². The van der Waals surface area contributed by atoms with Crippen LogP contribution in [0.5, 0.6) is 11.5 Å². The van der Waals surface area contributed by atoms with Crippen LogP contribution in [0.25, 0.3) is 0 Å². The van der Waals surface area contributed by atoms with Crippen molar-refractivity contribution in [3.8, 4) is 11.5 Å². The SMILES string of the molecule is O=C(Nc1ccccc1Cl)Nc1ccc(Cl)c(S(=O)(=O)N2CCS(=O)(=O)CC2)c1O.O=[N+]([O-])c1ccc(Cl)c(S(=O)(=O)N2CCS(=O)(=O)CC2)c1O. The van der Waals surface area contributed by atoms with Crippen molar-refractivity contribution in [2.45, 2.75) is 9.79 Å². The summed E-state index contributed by atoms with van der Waals surface area (Å²) >= 11 is 17.8. The van der Waals surface area contributed by atoms with Gasteiger partial charge in [0.25, 0.3) is 0 Å². The fourth-order valence-electron chi connectivity index (χ4n) is 4.79. The Kier molecular flexibility index (Phi) is 12.6. The minimum absolute atomic E-state index is 0.202. The molecule has 284 valence electrons. The Balaban J connectivity index is 0.000000244. The van der Waals surface area contributed by atoms with Gasteiger partial charge in [-0.1, -0.05) is 46.9 Å². The third-order valence-electron chi connectivity index (χ3n) is 7.52. The first-order valence-electron chi connectivity index (χ1n) is 14.5. The van der Waals surface area contributed by atoms with E-state index in [1.807, 2.05) is 0 Å². The van der Waals surface area contributed by atoms with Crippen LogP contribution in [0, 0.1) is 10.1 Å². The van der Waals surface area contributed by atoms with Gasteiger partial charge in [-0.25, -0.2) is 38.5 Å². The fraction of sp³-hybridized carbons (Fsp3) is 0.296. The van der Waals surface area contributed by atoms with Crippen LogP contribution in [-0.2, 0) is 39.7 Å². The van der Waals surface area contributed by atoms with Crippen LogP contribution in [0.3, 0.4) is 0 Å². The quantitative estimate of drug-likeness (QED) is 0.151. The summed E-state index contributed by atoms with van der Waals surface area (Å²) < 4.78 is 98.5. The minimum Gasteiger partial charge on any atom is -0.504 e. The molecule has 3 aromatic rings. The molecule has 0 spiro atoms. The molecule has 0 radical (unpaired) electrons. The minimum atomic E-state index is -4.35. The molecule has 0 aliphatic carbocycles. The standard InChI is InChI=1S/C17H17Cl2N3O6S2.C10H11ClN2O7S2/c18-11-3-1-2-4-13(11)20-17(24)21-14-6-5-12(19)16(15(14)23)30(27,28)22-7-9-29(25,26)10-8-22;11-7-1-2-8(13(15)16)9(14)10(7)22(19,20)12-3-5-21(17,18)6-4-12/h1-6,23H,7-10H2,(H2,20,21,24);1-2,14H,3-6H2. The molecule has 2 saturated heterocycles. The van der Waals surface area contributed by atoms with Gasteiger partial charge in [-0.05, 0) is 30.3 Å². The van der Waals surface area contributed by atoms with Crippen LogP contribution in [0.1, 0.15) is 0 Å².